The Bertz CT molecular complexity index is 2320. The molecule has 0 saturated carbocycles. The van der Waals surface area contributed by atoms with E-state index in [0.29, 0.717) is 24.3 Å². The zero-order valence-electron chi connectivity index (χ0n) is 27.9. The Hall–Kier alpha value is -5.17. The van der Waals surface area contributed by atoms with E-state index >= 15 is 0 Å². The monoisotopic (exact) mass is 755 g/mol. The Morgan fingerprint density at radius 3 is 2.27 bits per heavy atom. The molecule has 2 aliphatic heterocycles. The van der Waals surface area contributed by atoms with Crippen molar-refractivity contribution in [2.75, 3.05) is 18.8 Å². The van der Waals surface area contributed by atoms with Crippen molar-refractivity contribution in [1.82, 2.24) is 9.37 Å². The average molecular weight is 756 g/mol. The molecule has 276 valence electrons. The number of nitrogen functional groups attached to an aromatic ring is 1. The second kappa shape index (κ2) is 15.2. The van der Waals surface area contributed by atoms with Gasteiger partial charge in [-0.1, -0.05) is 38.0 Å². The van der Waals surface area contributed by atoms with E-state index in [0.717, 1.165) is 10.4 Å². The Morgan fingerprint density at radius 2 is 1.62 bits per heavy atom. The molecule has 18 heteroatoms. The Labute approximate surface area is 298 Å². The number of nitrogens with two attached hydrogens (primary N) is 1. The summed E-state index contributed by atoms with van der Waals surface area (Å²) in [5.74, 6) is -3.98. The molecule has 52 heavy (non-hydrogen) atoms. The number of nitrogens with zero attached hydrogens (tertiary/aromatic N) is 2. The van der Waals surface area contributed by atoms with Gasteiger partial charge < -0.3 is 24.6 Å². The summed E-state index contributed by atoms with van der Waals surface area (Å²) in [4.78, 5) is 51.3. The number of carbonyl (C=O) groups excluding carboxylic acids is 3. The molecule has 2 heterocycles. The number of carbonyl (C=O) groups is 4. The Morgan fingerprint density at radius 1 is 0.942 bits per heavy atom. The first-order valence-corrected chi connectivity index (χ1v) is 19.1. The van der Waals surface area contributed by atoms with E-state index in [1.807, 2.05) is 6.92 Å². The predicted octanol–water partition coefficient (Wildman–Crippen LogP) is 3.83. The van der Waals surface area contributed by atoms with Gasteiger partial charge in [-0.2, -0.15) is 4.31 Å². The fourth-order valence-electron chi connectivity index (χ4n) is 6.03. The van der Waals surface area contributed by atoms with Gasteiger partial charge in [0.05, 0.1) is 16.6 Å². The highest BCUT2D eigenvalue weighted by atomic mass is 32.2. The third-order valence-corrected chi connectivity index (χ3v) is 11.4. The quantitative estimate of drug-likeness (QED) is 0.0513. The number of hydroxylamine groups is 2. The molecular formula is C34H35N4O12S2-. The second-order valence-corrected chi connectivity index (χ2v) is 15.3. The SMILES string of the molecule is CCCCN(CCCCCC(=O)ON1C(=O)CCC1=O)S(=O)(=O)c1c(N)ccc2c(-c3ccccc3C(=O)O)c3ccc(=N)c(S(=O)(=O)[O-])c-3oc12. The van der Waals surface area contributed by atoms with Crippen LogP contribution in [-0.2, 0) is 39.4 Å². The molecular weight excluding hydrogens is 721 g/mol. The van der Waals surface area contributed by atoms with Crippen molar-refractivity contribution in [3.05, 3.63) is 59.5 Å². The highest BCUT2D eigenvalue weighted by molar-refractivity contribution is 7.89. The lowest BCUT2D eigenvalue weighted by atomic mass is 9.90. The molecule has 2 aromatic rings. The first-order valence-electron chi connectivity index (χ1n) is 16.3. The zero-order chi connectivity index (χ0) is 38.0. The molecule has 1 aliphatic carbocycles. The van der Waals surface area contributed by atoms with Gasteiger partial charge in [0.25, 0.3) is 11.8 Å². The van der Waals surface area contributed by atoms with E-state index in [9.17, 15) is 45.7 Å². The van der Waals surface area contributed by atoms with Crippen molar-refractivity contribution in [2.24, 2.45) is 0 Å². The number of nitrogens with one attached hydrogen (secondary N) is 1. The van der Waals surface area contributed by atoms with Crippen LogP contribution in [0.2, 0.25) is 0 Å². The largest absolute Gasteiger partial charge is 0.744 e. The Balaban J connectivity index is 1.58. The van der Waals surface area contributed by atoms with Crippen molar-refractivity contribution in [3.63, 3.8) is 0 Å². The number of carboxylic acids is 1. The van der Waals surface area contributed by atoms with Gasteiger partial charge in [-0.3, -0.25) is 15.0 Å². The number of hydrogen-bond acceptors (Lipinski definition) is 13. The van der Waals surface area contributed by atoms with Gasteiger partial charge in [0.1, 0.15) is 19.9 Å². The number of anilines is 1. The third-order valence-electron chi connectivity index (χ3n) is 8.52. The van der Waals surface area contributed by atoms with Crippen LogP contribution in [0.25, 0.3) is 33.4 Å². The van der Waals surface area contributed by atoms with Gasteiger partial charge in [0.2, 0.25) is 10.0 Å². The molecule has 0 atom stereocenters. The summed E-state index contributed by atoms with van der Waals surface area (Å²) in [6.07, 6.45) is 1.70. The number of hydrogen-bond donors (Lipinski definition) is 3. The molecule has 5 rings (SSSR count). The summed E-state index contributed by atoms with van der Waals surface area (Å²) in [6, 6.07) is 10.8. The van der Waals surface area contributed by atoms with Crippen LogP contribution in [-0.4, -0.2) is 72.7 Å². The van der Waals surface area contributed by atoms with Gasteiger partial charge in [0.15, 0.2) is 11.3 Å². The van der Waals surface area contributed by atoms with Gasteiger partial charge in [0, 0.05) is 48.9 Å². The maximum absolute atomic E-state index is 14.5. The standard InChI is InChI=1S/C34H36N4O12S2/c1-2-3-18-37(19-8-4-5-11-28(41)50-38-26(39)16-17-27(38)40)51(44,45)32-24(35)14-12-22-29(20-9-6-7-10-21(20)34(42)43)23-13-15-25(36)33(52(46,47)48)31(23)49-30(22)32/h6-7,9-10,12-15,36H,2-5,8,11,16-19,35H2,1H3,(H,42,43)(H,46,47,48)/p-1. The summed E-state index contributed by atoms with van der Waals surface area (Å²) < 4.78 is 73.7. The van der Waals surface area contributed by atoms with Crippen molar-refractivity contribution >= 4 is 60.6 Å². The van der Waals surface area contributed by atoms with Crippen LogP contribution in [0, 0.1) is 5.41 Å². The van der Waals surface area contributed by atoms with E-state index in [4.69, 9.17) is 20.4 Å². The van der Waals surface area contributed by atoms with Gasteiger partial charge in [-0.05, 0) is 55.2 Å². The van der Waals surface area contributed by atoms with E-state index in [1.54, 1.807) is 0 Å². The number of aromatic carboxylic acids is 1. The fraction of sp³-hybridized carbons (Fsp3) is 0.324. The molecule has 0 aromatic heterocycles. The molecule has 0 bridgehead atoms. The molecule has 0 spiro atoms. The van der Waals surface area contributed by atoms with Crippen LogP contribution in [0.5, 0.6) is 0 Å². The first-order chi connectivity index (χ1) is 24.6. The smallest absolute Gasteiger partial charge is 0.336 e. The van der Waals surface area contributed by atoms with E-state index in [1.165, 1.54) is 42.5 Å². The maximum Gasteiger partial charge on any atom is 0.336 e. The van der Waals surface area contributed by atoms with Crippen LogP contribution in [0.3, 0.4) is 0 Å². The molecule has 3 aliphatic rings. The lowest BCUT2D eigenvalue weighted by Crippen LogP contribution is -2.34. The van der Waals surface area contributed by atoms with E-state index in [-0.39, 0.29) is 78.5 Å². The Kier molecular flexibility index (Phi) is 11.1. The molecule has 0 unspecified atom stereocenters. The number of benzene rings is 3. The van der Waals surface area contributed by atoms with Crippen LogP contribution < -0.4 is 11.1 Å². The van der Waals surface area contributed by atoms with Crippen LogP contribution >= 0.6 is 0 Å². The van der Waals surface area contributed by atoms with Crippen molar-refractivity contribution < 1.29 is 54.9 Å². The second-order valence-electron chi connectivity index (χ2n) is 12.1. The summed E-state index contributed by atoms with van der Waals surface area (Å²) in [6.45, 7) is 1.85. The molecule has 2 aromatic carbocycles. The van der Waals surface area contributed by atoms with Crippen LogP contribution in [0.4, 0.5) is 5.69 Å². The van der Waals surface area contributed by atoms with Crippen molar-refractivity contribution in [3.8, 4) is 22.5 Å². The number of unbranched alkanes of at least 4 members (excludes halogenated alkanes) is 3. The van der Waals surface area contributed by atoms with Crippen LogP contribution in [0.15, 0.2) is 62.7 Å². The number of carboxylic acid groups (broad SMARTS) is 1. The minimum atomic E-state index is -5.38. The lowest BCUT2D eigenvalue weighted by molar-refractivity contribution is -0.197. The maximum atomic E-state index is 14.5. The molecule has 1 saturated heterocycles. The van der Waals surface area contributed by atoms with Gasteiger partial charge in [-0.25, -0.2) is 26.4 Å². The first kappa shape index (κ1) is 38.1. The summed E-state index contributed by atoms with van der Waals surface area (Å²) >= 11 is 0. The number of sulfonamides is 1. The fourth-order valence-corrected chi connectivity index (χ4v) is 8.50. The molecule has 2 amide bonds. The van der Waals surface area contributed by atoms with E-state index < -0.39 is 70.4 Å². The number of imide groups is 1. The molecule has 0 radical (unpaired) electrons. The average Bonchev–Trinajstić information content (AvgIpc) is 3.39. The highest BCUT2D eigenvalue weighted by Gasteiger charge is 2.34. The van der Waals surface area contributed by atoms with Gasteiger partial charge in [-0.15, -0.1) is 5.06 Å². The summed E-state index contributed by atoms with van der Waals surface area (Å²) in [7, 11) is -9.95. The zero-order valence-corrected chi connectivity index (χ0v) is 29.5. The lowest BCUT2D eigenvalue weighted by Gasteiger charge is -2.25. The topological polar surface area (TPSA) is 259 Å². The predicted molar refractivity (Wildman–Crippen MR) is 183 cm³/mol. The number of amides is 2. The summed E-state index contributed by atoms with van der Waals surface area (Å²) in [5, 5.41) is 18.1. The molecule has 16 nitrogen and oxygen atoms in total. The normalized spacial score (nSPS) is 13.8. The summed E-state index contributed by atoms with van der Waals surface area (Å²) in [5.41, 5.74) is 5.41. The third kappa shape index (κ3) is 7.55. The molecule has 4 N–H and O–H groups in total. The van der Waals surface area contributed by atoms with Crippen molar-refractivity contribution in [2.45, 2.75) is 68.1 Å². The van der Waals surface area contributed by atoms with Gasteiger partial charge >= 0.3 is 11.9 Å². The highest BCUT2D eigenvalue weighted by Crippen LogP contribution is 2.46. The minimum absolute atomic E-state index is 0.0369. The van der Waals surface area contributed by atoms with E-state index in [2.05, 4.69) is 0 Å². The number of rotatable bonds is 15. The van der Waals surface area contributed by atoms with Crippen LogP contribution in [0.1, 0.15) is 68.6 Å². The van der Waals surface area contributed by atoms with Crippen molar-refractivity contribution in [1.29, 1.82) is 5.41 Å². The molecule has 1 fully saturated rings. The number of fused-ring (bicyclic) bond motifs is 2. The minimum Gasteiger partial charge on any atom is -0.744 e.